The van der Waals surface area contributed by atoms with Crippen LogP contribution in [0.5, 0.6) is 0 Å². The Labute approximate surface area is 193 Å². The maximum atomic E-state index is 12.4. The lowest BCUT2D eigenvalue weighted by atomic mass is 10.1. The number of methoxy groups -OCH3 is 1. The van der Waals surface area contributed by atoms with Crippen LogP contribution in [0, 0.1) is 0 Å². The molecule has 2 aromatic rings. The number of anilines is 1. The molecule has 11 heteroatoms. The molecule has 0 saturated carbocycles. The average Bonchev–Trinajstić information content (AvgIpc) is 3.15. The van der Waals surface area contributed by atoms with Crippen LogP contribution in [0.25, 0.3) is 0 Å². The Morgan fingerprint density at radius 3 is 2.56 bits per heavy atom. The summed E-state index contributed by atoms with van der Waals surface area (Å²) in [6.07, 6.45) is 0.671. The molecule has 174 valence electrons. The lowest BCUT2D eigenvalue weighted by Gasteiger charge is -2.29. The highest BCUT2D eigenvalue weighted by Gasteiger charge is 2.29. The Balaban J connectivity index is 1.68. The van der Waals surface area contributed by atoms with Gasteiger partial charge in [0.05, 0.1) is 24.9 Å². The maximum Gasteiger partial charge on any atom is 0.410 e. The maximum absolute atomic E-state index is 12.4. The van der Waals surface area contributed by atoms with Gasteiger partial charge < -0.3 is 14.4 Å². The van der Waals surface area contributed by atoms with E-state index in [1.165, 1.54) is 22.8 Å². The van der Waals surface area contributed by atoms with Crippen molar-refractivity contribution in [3.8, 4) is 0 Å². The Morgan fingerprint density at radius 1 is 1.28 bits per heavy atom. The number of thiazole rings is 1. The van der Waals surface area contributed by atoms with Gasteiger partial charge in [-0.25, -0.2) is 23.1 Å². The van der Waals surface area contributed by atoms with E-state index < -0.39 is 22.8 Å². The first-order valence-corrected chi connectivity index (χ1v) is 12.0. The number of nitrogens with zero attached hydrogens (tertiary/aromatic N) is 3. The van der Waals surface area contributed by atoms with Gasteiger partial charge in [-0.15, -0.1) is 0 Å². The fraction of sp³-hybridized carbons (Fsp3) is 0.476. The molecule has 2 heterocycles. The van der Waals surface area contributed by atoms with E-state index in [1.54, 1.807) is 29.2 Å². The molecule has 1 N–H and O–H groups in total. The van der Waals surface area contributed by atoms with Crippen LogP contribution in [0.3, 0.4) is 0 Å². The van der Waals surface area contributed by atoms with E-state index in [0.29, 0.717) is 36.6 Å². The zero-order valence-electron chi connectivity index (χ0n) is 18.5. The van der Waals surface area contributed by atoms with E-state index in [9.17, 15) is 18.4 Å². The minimum absolute atomic E-state index is 0.267. The van der Waals surface area contributed by atoms with Crippen LogP contribution < -0.4 is 4.31 Å². The van der Waals surface area contributed by atoms with Crippen molar-refractivity contribution in [2.45, 2.75) is 45.8 Å². The summed E-state index contributed by atoms with van der Waals surface area (Å²) >= 11 is -0.942. The summed E-state index contributed by atoms with van der Waals surface area (Å²) in [7, 11) is 1.32. The smallest absolute Gasteiger partial charge is 0.410 e. The molecule has 1 aromatic heterocycles. The summed E-state index contributed by atoms with van der Waals surface area (Å²) < 4.78 is 33.3. The second-order valence-corrected chi connectivity index (χ2v) is 10.3. The Kier molecular flexibility index (Phi) is 7.52. The molecule has 0 bridgehead atoms. The zero-order chi connectivity index (χ0) is 23.5. The number of carbonyl (C=O) groups excluding carboxylic acids is 2. The number of hydrogen-bond donors (Lipinski definition) is 1. The second kappa shape index (κ2) is 9.97. The largest absolute Gasteiger partial charge is 0.465 e. The highest BCUT2D eigenvalue weighted by molar-refractivity contribution is 7.81. The molecule has 0 radical (unpaired) electrons. The van der Waals surface area contributed by atoms with Crippen LogP contribution in [-0.2, 0) is 40.1 Å². The molecule has 32 heavy (non-hydrogen) atoms. The molecule has 9 nitrogen and oxygen atoms in total. The summed E-state index contributed by atoms with van der Waals surface area (Å²) in [5.74, 6) is -0.413. The molecular weight excluding hydrogens is 454 g/mol. The minimum atomic E-state index is -2.25. The quantitative estimate of drug-likeness (QED) is 0.497. The molecule has 0 spiro atoms. The Hall–Kier alpha value is -2.50. The van der Waals surface area contributed by atoms with Crippen molar-refractivity contribution < 1.29 is 27.8 Å². The number of fused-ring (bicyclic) bond motifs is 1. The van der Waals surface area contributed by atoms with Crippen LogP contribution in [0.2, 0.25) is 0 Å². The van der Waals surface area contributed by atoms with Crippen molar-refractivity contribution in [3.63, 3.8) is 0 Å². The molecule has 1 aliphatic rings. The van der Waals surface area contributed by atoms with Gasteiger partial charge in [0.25, 0.3) is 11.3 Å². The zero-order valence-corrected chi connectivity index (χ0v) is 20.1. The molecule has 1 aromatic carbocycles. The number of aromatic nitrogens is 1. The predicted octanol–water partition coefficient (Wildman–Crippen LogP) is 3.41. The third-order valence-corrected chi connectivity index (χ3v) is 6.71. The normalized spacial score (nSPS) is 14.5. The lowest BCUT2D eigenvalue weighted by Crippen LogP contribution is -2.39. The summed E-state index contributed by atoms with van der Waals surface area (Å²) in [5.41, 5.74) is 1.62. The summed E-state index contributed by atoms with van der Waals surface area (Å²) in [5, 5.41) is 0.438. The van der Waals surface area contributed by atoms with E-state index in [0.717, 1.165) is 16.1 Å². The molecule has 0 aliphatic carbocycles. The van der Waals surface area contributed by atoms with Gasteiger partial charge in [-0.05, 0) is 44.9 Å². The molecule has 1 unspecified atom stereocenters. The number of hydrogen-bond acceptors (Lipinski definition) is 7. The number of carbonyl (C=O) groups is 2. The lowest BCUT2D eigenvalue weighted by molar-refractivity contribution is 0.0225. The van der Waals surface area contributed by atoms with Gasteiger partial charge in [0.15, 0.2) is 5.13 Å². The molecule has 0 saturated heterocycles. The SMILES string of the molecule is COC(=O)c1ccc(CCN(c2nc3c(s2)CN(C(=O)OC(C)(C)C)CC3)S(=O)O)cc1. The highest BCUT2D eigenvalue weighted by Crippen LogP contribution is 2.32. The van der Waals surface area contributed by atoms with Crippen LogP contribution >= 0.6 is 11.3 Å². The van der Waals surface area contributed by atoms with E-state index in [2.05, 4.69) is 9.72 Å². The van der Waals surface area contributed by atoms with Crippen LogP contribution in [0.15, 0.2) is 24.3 Å². The summed E-state index contributed by atoms with van der Waals surface area (Å²) in [6, 6.07) is 6.90. The summed E-state index contributed by atoms with van der Waals surface area (Å²) in [4.78, 5) is 31.0. The molecule has 1 atom stereocenters. The van der Waals surface area contributed by atoms with E-state index in [4.69, 9.17) is 4.74 Å². The number of rotatable bonds is 6. The Morgan fingerprint density at radius 2 is 1.97 bits per heavy atom. The number of esters is 1. The van der Waals surface area contributed by atoms with Gasteiger partial charge in [-0.3, -0.25) is 4.55 Å². The van der Waals surface area contributed by atoms with E-state index in [1.807, 2.05) is 20.8 Å². The number of amides is 1. The van der Waals surface area contributed by atoms with Crippen molar-refractivity contribution in [1.29, 1.82) is 0 Å². The van der Waals surface area contributed by atoms with Crippen LogP contribution in [-0.4, -0.2) is 56.5 Å². The summed E-state index contributed by atoms with van der Waals surface area (Å²) in [6.45, 7) is 6.58. The first-order valence-electron chi connectivity index (χ1n) is 10.1. The number of ether oxygens (including phenoxy) is 2. The fourth-order valence-electron chi connectivity index (χ4n) is 3.17. The first kappa shape index (κ1) is 24.1. The van der Waals surface area contributed by atoms with Gasteiger partial charge in [-0.2, -0.15) is 0 Å². The van der Waals surface area contributed by atoms with Gasteiger partial charge in [-0.1, -0.05) is 23.5 Å². The van der Waals surface area contributed by atoms with Crippen molar-refractivity contribution in [3.05, 3.63) is 46.0 Å². The average molecular weight is 482 g/mol. The van der Waals surface area contributed by atoms with Crippen molar-refractivity contribution in [2.75, 3.05) is 24.5 Å². The first-order chi connectivity index (χ1) is 15.1. The number of benzene rings is 1. The van der Waals surface area contributed by atoms with Gasteiger partial charge in [0.2, 0.25) is 0 Å². The molecule has 0 fully saturated rings. The fourth-order valence-corrected chi connectivity index (χ4v) is 4.95. The monoisotopic (exact) mass is 481 g/mol. The van der Waals surface area contributed by atoms with Crippen molar-refractivity contribution >= 4 is 39.8 Å². The van der Waals surface area contributed by atoms with Gasteiger partial charge >= 0.3 is 12.1 Å². The van der Waals surface area contributed by atoms with Crippen molar-refractivity contribution in [2.24, 2.45) is 0 Å². The molecule has 1 aliphatic heterocycles. The van der Waals surface area contributed by atoms with Gasteiger partial charge in [0, 0.05) is 24.4 Å². The topological polar surface area (TPSA) is 109 Å². The van der Waals surface area contributed by atoms with Crippen LogP contribution in [0.4, 0.5) is 9.93 Å². The van der Waals surface area contributed by atoms with E-state index >= 15 is 0 Å². The van der Waals surface area contributed by atoms with E-state index in [-0.39, 0.29) is 12.6 Å². The molecular formula is C21H27N3O6S2. The Bertz CT molecular complexity index is 1000. The third-order valence-electron chi connectivity index (χ3n) is 4.75. The van der Waals surface area contributed by atoms with Gasteiger partial charge in [0.1, 0.15) is 5.60 Å². The molecule has 3 rings (SSSR count). The molecule has 1 amide bonds. The van der Waals surface area contributed by atoms with Crippen molar-refractivity contribution in [1.82, 2.24) is 9.88 Å². The minimum Gasteiger partial charge on any atom is -0.465 e. The highest BCUT2D eigenvalue weighted by atomic mass is 32.2. The third kappa shape index (κ3) is 6.05. The standard InChI is InChI=1S/C21H27N3O6S2/c1-21(2,3)30-20(26)23-11-10-16-17(13-23)31-19(22-16)24(32(27)28)12-9-14-5-7-15(8-6-14)18(25)29-4/h5-8H,9-13H2,1-4H3,(H,27,28). The second-order valence-electron chi connectivity index (χ2n) is 8.29. The predicted molar refractivity (Wildman–Crippen MR) is 122 cm³/mol. The van der Waals surface area contributed by atoms with Crippen LogP contribution in [0.1, 0.15) is 47.3 Å².